The van der Waals surface area contributed by atoms with Crippen molar-refractivity contribution in [3.63, 3.8) is 0 Å². The van der Waals surface area contributed by atoms with Gasteiger partial charge in [-0.15, -0.1) is 0 Å². The van der Waals surface area contributed by atoms with Crippen LogP contribution >= 0.6 is 0 Å². The highest BCUT2D eigenvalue weighted by atomic mass is 19.1. The molecule has 0 unspecified atom stereocenters. The third-order valence-corrected chi connectivity index (χ3v) is 3.61. The third kappa shape index (κ3) is 4.11. The minimum absolute atomic E-state index is 0.204. The molecule has 112 valence electrons. The van der Waals surface area contributed by atoms with Crippen molar-refractivity contribution in [3.8, 4) is 0 Å². The van der Waals surface area contributed by atoms with Gasteiger partial charge in [-0.25, -0.2) is 4.39 Å². The number of para-hydroxylation sites is 1. The average molecular weight is 281 g/mol. The van der Waals surface area contributed by atoms with E-state index >= 15 is 0 Å². The van der Waals surface area contributed by atoms with Gasteiger partial charge in [0.1, 0.15) is 11.7 Å². The summed E-state index contributed by atoms with van der Waals surface area (Å²) in [5.74, 6) is 0.0245. The van der Waals surface area contributed by atoms with Crippen LogP contribution in [-0.4, -0.2) is 24.1 Å². The van der Waals surface area contributed by atoms with E-state index in [-0.39, 0.29) is 17.1 Å². The fraction of sp³-hybridized carbons (Fsp3) is 0.533. The molecule has 1 aromatic rings. The first-order valence-corrected chi connectivity index (χ1v) is 6.90. The van der Waals surface area contributed by atoms with Gasteiger partial charge in [-0.3, -0.25) is 0 Å². The number of rotatable bonds is 7. The lowest BCUT2D eigenvalue weighted by Crippen LogP contribution is -2.33. The molecule has 0 bridgehead atoms. The van der Waals surface area contributed by atoms with Crippen molar-refractivity contribution in [2.45, 2.75) is 33.6 Å². The third-order valence-electron chi connectivity index (χ3n) is 3.61. The second kappa shape index (κ2) is 7.12. The van der Waals surface area contributed by atoms with Crippen LogP contribution in [0.4, 0.5) is 10.1 Å². The van der Waals surface area contributed by atoms with Crippen molar-refractivity contribution in [1.82, 2.24) is 0 Å². The molecule has 0 aliphatic rings. The Morgan fingerprint density at radius 1 is 1.40 bits per heavy atom. The lowest BCUT2D eigenvalue weighted by molar-refractivity contribution is 0.304. The van der Waals surface area contributed by atoms with Crippen LogP contribution in [0.25, 0.3) is 0 Å². The summed E-state index contributed by atoms with van der Waals surface area (Å²) in [6.45, 7) is 7.34. The second-order valence-corrected chi connectivity index (χ2v) is 5.50. The van der Waals surface area contributed by atoms with Crippen molar-refractivity contribution < 1.29 is 9.60 Å². The summed E-state index contributed by atoms with van der Waals surface area (Å²) in [5.41, 5.74) is 5.93. The number of benzene rings is 1. The van der Waals surface area contributed by atoms with Gasteiger partial charge < -0.3 is 15.8 Å². The predicted octanol–water partition coefficient (Wildman–Crippen LogP) is 3.20. The SMILES string of the molecule is CCN(CCCC(C)(C)C(N)=NO)c1ccccc1F. The molecule has 3 N–H and O–H groups in total. The molecule has 20 heavy (non-hydrogen) atoms. The summed E-state index contributed by atoms with van der Waals surface area (Å²) in [4.78, 5) is 2.00. The maximum absolute atomic E-state index is 13.8. The van der Waals surface area contributed by atoms with Crippen molar-refractivity contribution in [1.29, 1.82) is 0 Å². The number of nitrogens with zero attached hydrogens (tertiary/aromatic N) is 2. The number of halogens is 1. The molecule has 0 aliphatic carbocycles. The molecule has 1 rings (SSSR count). The minimum Gasteiger partial charge on any atom is -0.409 e. The fourth-order valence-corrected chi connectivity index (χ4v) is 2.13. The van der Waals surface area contributed by atoms with Crippen LogP contribution in [0, 0.1) is 11.2 Å². The molecule has 0 amide bonds. The molecule has 0 aromatic heterocycles. The highest BCUT2D eigenvalue weighted by Gasteiger charge is 2.23. The summed E-state index contributed by atoms with van der Waals surface area (Å²) in [5, 5.41) is 11.8. The number of hydrogen-bond donors (Lipinski definition) is 2. The topological polar surface area (TPSA) is 61.8 Å². The first kappa shape index (κ1) is 16.3. The Morgan fingerprint density at radius 2 is 2.05 bits per heavy atom. The fourth-order valence-electron chi connectivity index (χ4n) is 2.13. The number of amidine groups is 1. The minimum atomic E-state index is -0.358. The van der Waals surface area contributed by atoms with Crippen molar-refractivity contribution >= 4 is 11.5 Å². The average Bonchev–Trinajstić information content (AvgIpc) is 2.43. The van der Waals surface area contributed by atoms with Crippen LogP contribution in [0.15, 0.2) is 29.4 Å². The Balaban J connectivity index is 2.62. The summed E-state index contributed by atoms with van der Waals surface area (Å²) in [6, 6.07) is 6.78. The first-order chi connectivity index (χ1) is 9.42. The molecule has 0 saturated heterocycles. The lowest BCUT2D eigenvalue weighted by atomic mass is 9.86. The normalized spacial score (nSPS) is 12.5. The van der Waals surface area contributed by atoms with Crippen LogP contribution < -0.4 is 10.6 Å². The van der Waals surface area contributed by atoms with Gasteiger partial charge in [0.05, 0.1) is 5.69 Å². The molecule has 0 saturated carbocycles. The summed E-state index contributed by atoms with van der Waals surface area (Å²) in [7, 11) is 0. The Morgan fingerprint density at radius 3 is 2.60 bits per heavy atom. The lowest BCUT2D eigenvalue weighted by Gasteiger charge is -2.27. The zero-order chi connectivity index (χ0) is 15.2. The van der Waals surface area contributed by atoms with Crippen LogP contribution in [0.5, 0.6) is 0 Å². The monoisotopic (exact) mass is 281 g/mol. The van der Waals surface area contributed by atoms with E-state index in [0.717, 1.165) is 25.9 Å². The zero-order valence-corrected chi connectivity index (χ0v) is 12.4. The molecule has 0 spiro atoms. The van der Waals surface area contributed by atoms with Gasteiger partial charge in [0.25, 0.3) is 0 Å². The smallest absolute Gasteiger partial charge is 0.146 e. The van der Waals surface area contributed by atoms with E-state index in [0.29, 0.717) is 5.69 Å². The van der Waals surface area contributed by atoms with Crippen molar-refractivity contribution in [2.75, 3.05) is 18.0 Å². The van der Waals surface area contributed by atoms with Gasteiger partial charge in [0, 0.05) is 18.5 Å². The van der Waals surface area contributed by atoms with E-state index in [4.69, 9.17) is 10.9 Å². The molecular weight excluding hydrogens is 257 g/mol. The molecule has 1 aromatic carbocycles. The zero-order valence-electron chi connectivity index (χ0n) is 12.4. The Hall–Kier alpha value is -1.78. The maximum Gasteiger partial charge on any atom is 0.146 e. The van der Waals surface area contributed by atoms with Crippen LogP contribution in [0.2, 0.25) is 0 Å². The quantitative estimate of drug-likeness (QED) is 0.349. The Kier molecular flexibility index (Phi) is 5.80. The van der Waals surface area contributed by atoms with Gasteiger partial charge in [-0.1, -0.05) is 31.1 Å². The highest BCUT2D eigenvalue weighted by Crippen LogP contribution is 2.24. The van der Waals surface area contributed by atoms with Gasteiger partial charge >= 0.3 is 0 Å². The molecule has 0 fully saturated rings. The summed E-state index contributed by atoms with van der Waals surface area (Å²) >= 11 is 0. The Bertz CT molecular complexity index is 460. The second-order valence-electron chi connectivity index (χ2n) is 5.50. The number of hydrogen-bond acceptors (Lipinski definition) is 3. The van der Waals surface area contributed by atoms with E-state index in [2.05, 4.69) is 5.16 Å². The number of anilines is 1. The van der Waals surface area contributed by atoms with Gasteiger partial charge in [0.2, 0.25) is 0 Å². The van der Waals surface area contributed by atoms with Crippen molar-refractivity contribution in [2.24, 2.45) is 16.3 Å². The van der Waals surface area contributed by atoms with E-state index in [1.165, 1.54) is 6.07 Å². The van der Waals surface area contributed by atoms with E-state index in [9.17, 15) is 4.39 Å². The van der Waals surface area contributed by atoms with E-state index in [1.54, 1.807) is 12.1 Å². The van der Waals surface area contributed by atoms with Gasteiger partial charge in [-0.05, 0) is 31.9 Å². The predicted molar refractivity (Wildman–Crippen MR) is 80.7 cm³/mol. The van der Waals surface area contributed by atoms with Crippen LogP contribution in [-0.2, 0) is 0 Å². The first-order valence-electron chi connectivity index (χ1n) is 6.90. The highest BCUT2D eigenvalue weighted by molar-refractivity contribution is 5.85. The molecule has 0 radical (unpaired) electrons. The Labute approximate surface area is 120 Å². The molecule has 5 heteroatoms. The maximum atomic E-state index is 13.8. The number of nitrogens with two attached hydrogens (primary N) is 1. The van der Waals surface area contributed by atoms with Gasteiger partial charge in [0.15, 0.2) is 0 Å². The van der Waals surface area contributed by atoms with Crippen LogP contribution in [0.1, 0.15) is 33.6 Å². The molecule has 4 nitrogen and oxygen atoms in total. The standard InChI is InChI=1S/C15H24FN3O/c1-4-19(13-9-6-5-8-12(13)16)11-7-10-15(2,3)14(17)18-20/h5-6,8-9,20H,4,7,10-11H2,1-3H3,(H2,17,18). The largest absolute Gasteiger partial charge is 0.409 e. The summed E-state index contributed by atoms with van der Waals surface area (Å²) < 4.78 is 13.8. The number of oxime groups is 1. The summed E-state index contributed by atoms with van der Waals surface area (Å²) in [6.07, 6.45) is 1.61. The van der Waals surface area contributed by atoms with Crippen molar-refractivity contribution in [3.05, 3.63) is 30.1 Å². The van der Waals surface area contributed by atoms with E-state index < -0.39 is 0 Å². The van der Waals surface area contributed by atoms with E-state index in [1.807, 2.05) is 31.7 Å². The van der Waals surface area contributed by atoms with Crippen LogP contribution in [0.3, 0.4) is 0 Å². The molecular formula is C15H24FN3O. The molecule has 0 heterocycles. The van der Waals surface area contributed by atoms with Gasteiger partial charge in [-0.2, -0.15) is 0 Å². The molecule has 0 aliphatic heterocycles. The molecule has 0 atom stereocenters.